The van der Waals surface area contributed by atoms with Gasteiger partial charge in [0.1, 0.15) is 0 Å². The highest BCUT2D eigenvalue weighted by Crippen LogP contribution is 2.42. The molecule has 0 saturated carbocycles. The molecule has 0 amide bonds. The lowest BCUT2D eigenvalue weighted by Gasteiger charge is -2.43. The van der Waals surface area contributed by atoms with Crippen LogP contribution in [0.5, 0.6) is 0 Å². The zero-order valence-electron chi connectivity index (χ0n) is 26.3. The number of aliphatic hydroxyl groups is 1. The first-order valence-corrected chi connectivity index (χ1v) is 17.1. The molecule has 5 aromatic carbocycles. The number of hydrogen-bond donors (Lipinski definition) is 2. The summed E-state index contributed by atoms with van der Waals surface area (Å²) >= 11 is 0. The molecule has 5 atom stereocenters. The second-order valence-corrected chi connectivity index (χ2v) is 13.8. The normalized spacial score (nSPS) is 20.9. The molecule has 46 heavy (non-hydrogen) atoms. The Labute approximate surface area is 271 Å². The summed E-state index contributed by atoms with van der Waals surface area (Å²) in [6.07, 6.45) is -1.07. The number of likely N-dealkylation sites (N-methyl/N-ethyl adjacent to an activating group) is 1. The monoisotopic (exact) mass is 636 g/mol. The van der Waals surface area contributed by atoms with Crippen LogP contribution in [0.1, 0.15) is 54.5 Å². The van der Waals surface area contributed by atoms with Crippen LogP contribution in [0, 0.1) is 5.92 Å². The molecule has 6 rings (SSSR count). The molecule has 8 heteroatoms. The van der Waals surface area contributed by atoms with Crippen molar-refractivity contribution in [2.24, 2.45) is 5.92 Å². The number of sulfonamides is 1. The van der Waals surface area contributed by atoms with E-state index in [0.717, 1.165) is 16.7 Å². The number of aliphatic hydroxyl groups excluding tert-OH is 1. The van der Waals surface area contributed by atoms with Crippen molar-refractivity contribution in [3.63, 3.8) is 0 Å². The summed E-state index contributed by atoms with van der Waals surface area (Å²) in [6, 6.07) is 38.5. The van der Waals surface area contributed by atoms with Crippen molar-refractivity contribution in [1.82, 2.24) is 4.90 Å². The van der Waals surface area contributed by atoms with E-state index in [9.17, 15) is 13.5 Å². The van der Waals surface area contributed by atoms with Crippen LogP contribution in [-0.2, 0) is 26.1 Å². The molecule has 0 aromatic heterocycles. The number of fused-ring (bicyclic) bond motifs is 1. The zero-order valence-corrected chi connectivity index (χ0v) is 27.1. The fourth-order valence-electron chi connectivity index (χ4n) is 6.01. The van der Waals surface area contributed by atoms with E-state index in [1.807, 2.05) is 36.4 Å². The van der Waals surface area contributed by atoms with Gasteiger partial charge in [-0.15, -0.1) is 0 Å². The molecule has 1 heterocycles. The smallest absolute Gasteiger partial charge is 0.261 e. The number of rotatable bonds is 10. The molecule has 0 bridgehead atoms. The summed E-state index contributed by atoms with van der Waals surface area (Å²) < 4.78 is 41.7. The maximum Gasteiger partial charge on any atom is 0.261 e. The SMILES string of the molecule is C[C@H]1[C@@H](CN(C)[C@H](C)c2ccc3ccccc3c2)O[C@@H](c2ccc(NS(=O)(=O)c3ccccc3)cc2)O[C@H]1c1ccc(CO)cc1. The molecule has 1 fully saturated rings. The molecule has 1 saturated heterocycles. The molecule has 0 spiro atoms. The van der Waals surface area contributed by atoms with Crippen molar-refractivity contribution in [2.75, 3.05) is 18.3 Å². The topological polar surface area (TPSA) is 88.1 Å². The number of benzene rings is 5. The number of anilines is 1. The van der Waals surface area contributed by atoms with Crippen molar-refractivity contribution in [3.05, 3.63) is 144 Å². The lowest BCUT2D eigenvalue weighted by molar-refractivity contribution is -0.276. The van der Waals surface area contributed by atoms with E-state index in [-0.39, 0.29) is 35.7 Å². The summed E-state index contributed by atoms with van der Waals surface area (Å²) in [4.78, 5) is 2.52. The van der Waals surface area contributed by atoms with Gasteiger partial charge in [-0.2, -0.15) is 0 Å². The number of nitrogens with one attached hydrogen (secondary N) is 1. The number of ether oxygens (including phenoxy) is 2. The van der Waals surface area contributed by atoms with E-state index in [1.54, 1.807) is 42.5 Å². The van der Waals surface area contributed by atoms with Crippen LogP contribution in [0.15, 0.2) is 126 Å². The summed E-state index contributed by atoms with van der Waals surface area (Å²) in [5.41, 5.74) is 4.34. The van der Waals surface area contributed by atoms with Gasteiger partial charge in [0.05, 0.1) is 23.7 Å². The molecule has 0 aliphatic carbocycles. The Morgan fingerprint density at radius 1 is 0.804 bits per heavy atom. The minimum atomic E-state index is -3.71. The van der Waals surface area contributed by atoms with Crippen LogP contribution >= 0.6 is 0 Å². The van der Waals surface area contributed by atoms with Crippen LogP contribution < -0.4 is 4.72 Å². The molecule has 0 radical (unpaired) electrons. The van der Waals surface area contributed by atoms with E-state index >= 15 is 0 Å². The summed E-state index contributed by atoms with van der Waals surface area (Å²) in [5, 5.41) is 12.0. The predicted molar refractivity (Wildman–Crippen MR) is 182 cm³/mol. The largest absolute Gasteiger partial charge is 0.392 e. The van der Waals surface area contributed by atoms with E-state index in [1.165, 1.54) is 16.3 Å². The van der Waals surface area contributed by atoms with Gasteiger partial charge in [-0.1, -0.05) is 97.9 Å². The van der Waals surface area contributed by atoms with Crippen LogP contribution in [-0.4, -0.2) is 38.1 Å². The Bertz CT molecular complexity index is 1860. The molecule has 7 nitrogen and oxygen atoms in total. The molecule has 5 aromatic rings. The van der Waals surface area contributed by atoms with Crippen molar-refractivity contribution in [1.29, 1.82) is 0 Å². The Morgan fingerprint density at radius 3 is 2.15 bits per heavy atom. The average molecular weight is 637 g/mol. The van der Waals surface area contributed by atoms with Gasteiger partial charge in [0.2, 0.25) is 0 Å². The lowest BCUT2D eigenvalue weighted by Crippen LogP contribution is -2.44. The van der Waals surface area contributed by atoms with E-state index in [0.29, 0.717) is 12.2 Å². The minimum Gasteiger partial charge on any atom is -0.392 e. The summed E-state index contributed by atoms with van der Waals surface area (Å²) in [5.74, 6) is 0.0273. The van der Waals surface area contributed by atoms with Gasteiger partial charge < -0.3 is 14.6 Å². The highest BCUT2D eigenvalue weighted by atomic mass is 32.2. The molecule has 1 aliphatic rings. The van der Waals surface area contributed by atoms with Crippen molar-refractivity contribution >= 4 is 26.5 Å². The van der Waals surface area contributed by atoms with Gasteiger partial charge >= 0.3 is 0 Å². The average Bonchev–Trinajstić information content (AvgIpc) is 3.09. The third-order valence-corrected chi connectivity index (χ3v) is 10.4. The highest BCUT2D eigenvalue weighted by molar-refractivity contribution is 7.92. The van der Waals surface area contributed by atoms with Crippen LogP contribution in [0.3, 0.4) is 0 Å². The molecule has 1 aliphatic heterocycles. The molecule has 2 N–H and O–H groups in total. The number of nitrogens with zero attached hydrogens (tertiary/aromatic N) is 1. The maximum atomic E-state index is 12.9. The first kappa shape index (κ1) is 31.9. The molecular weight excluding hydrogens is 596 g/mol. The Balaban J connectivity index is 1.23. The van der Waals surface area contributed by atoms with Crippen molar-refractivity contribution in [2.45, 2.75) is 49.9 Å². The molecule has 238 valence electrons. The molecule has 0 unspecified atom stereocenters. The fraction of sp³-hybridized carbons (Fsp3) is 0.263. The van der Waals surface area contributed by atoms with Gasteiger partial charge in [-0.25, -0.2) is 8.42 Å². The van der Waals surface area contributed by atoms with Gasteiger partial charge in [-0.3, -0.25) is 9.62 Å². The number of hydrogen-bond acceptors (Lipinski definition) is 6. The van der Waals surface area contributed by atoms with Gasteiger partial charge in [0.15, 0.2) is 6.29 Å². The second kappa shape index (κ2) is 13.7. The Hall–Kier alpha value is -4.05. The minimum absolute atomic E-state index is 0.0203. The van der Waals surface area contributed by atoms with Gasteiger partial charge in [-0.05, 0) is 71.8 Å². The van der Waals surface area contributed by atoms with Gasteiger partial charge in [0, 0.05) is 29.8 Å². The fourth-order valence-corrected chi connectivity index (χ4v) is 7.09. The predicted octanol–water partition coefficient (Wildman–Crippen LogP) is 7.62. The van der Waals surface area contributed by atoms with Crippen LogP contribution in [0.4, 0.5) is 5.69 Å². The standard InChI is InChI=1S/C38H40N2O5S/c1-26-36(24-40(3)27(2)32-18-17-29-9-7-8-10-33(29)23-32)44-38(45-37(26)30-15-13-28(25-41)14-16-30)31-19-21-34(22-20-31)39-46(42,43)35-11-5-4-6-12-35/h4-23,26-27,36-39,41H,24-25H2,1-3H3/t26-,27+,36+,37+,38+/m0/s1. The Kier molecular flexibility index (Phi) is 9.54. The van der Waals surface area contributed by atoms with Crippen molar-refractivity contribution < 1.29 is 23.0 Å². The van der Waals surface area contributed by atoms with Gasteiger partial charge in [0.25, 0.3) is 10.0 Å². The third kappa shape index (κ3) is 7.02. The Morgan fingerprint density at radius 2 is 1.46 bits per heavy atom. The van der Waals surface area contributed by atoms with E-state index in [2.05, 4.69) is 73.0 Å². The third-order valence-electron chi connectivity index (χ3n) is 9.00. The summed E-state index contributed by atoms with van der Waals surface area (Å²) in [6.45, 7) is 5.02. The quantitative estimate of drug-likeness (QED) is 0.164. The van der Waals surface area contributed by atoms with E-state index in [4.69, 9.17) is 9.47 Å². The highest BCUT2D eigenvalue weighted by Gasteiger charge is 2.39. The molecular formula is C38H40N2O5S. The lowest BCUT2D eigenvalue weighted by atomic mass is 9.89. The second-order valence-electron chi connectivity index (χ2n) is 12.1. The van der Waals surface area contributed by atoms with E-state index < -0.39 is 16.3 Å². The first-order valence-electron chi connectivity index (χ1n) is 15.6. The first-order chi connectivity index (χ1) is 22.2. The van der Waals surface area contributed by atoms with Crippen LogP contribution in [0.25, 0.3) is 10.8 Å². The van der Waals surface area contributed by atoms with Crippen LogP contribution in [0.2, 0.25) is 0 Å². The zero-order chi connectivity index (χ0) is 32.3. The summed E-state index contributed by atoms with van der Waals surface area (Å²) in [7, 11) is -1.59. The van der Waals surface area contributed by atoms with Crippen molar-refractivity contribution in [3.8, 4) is 0 Å². The maximum absolute atomic E-state index is 12.9.